The molecule has 0 spiro atoms. The second kappa shape index (κ2) is 5.00. The van der Waals surface area contributed by atoms with Gasteiger partial charge in [0.1, 0.15) is 0 Å². The Labute approximate surface area is 104 Å². The van der Waals surface area contributed by atoms with Crippen LogP contribution < -0.4 is 4.72 Å². The number of nitrogens with one attached hydrogen (secondary N) is 1. The number of terminal acetylenes is 1. The smallest absolute Gasteiger partial charge is 0.207 e. The molecule has 0 aliphatic rings. The van der Waals surface area contributed by atoms with Crippen molar-refractivity contribution in [2.24, 2.45) is 0 Å². The summed E-state index contributed by atoms with van der Waals surface area (Å²) in [6.07, 6.45) is 5.14. The van der Waals surface area contributed by atoms with Crippen molar-refractivity contribution in [3.63, 3.8) is 0 Å². The zero-order chi connectivity index (χ0) is 12.3. The van der Waals surface area contributed by atoms with Gasteiger partial charge < -0.3 is 0 Å². The number of hydrogen-bond donors (Lipinski definition) is 1. The molecule has 0 heterocycles. The normalized spacial score (nSPS) is 13.1. The summed E-state index contributed by atoms with van der Waals surface area (Å²) < 4.78 is 26.8. The van der Waals surface area contributed by atoms with Crippen LogP contribution in [0.1, 0.15) is 12.5 Å². The summed E-state index contributed by atoms with van der Waals surface area (Å²) in [5.41, 5.74) is 0.858. The minimum atomic E-state index is -3.56. The number of halogens is 1. The number of sulfonamides is 1. The second-order valence-corrected chi connectivity index (χ2v) is 5.87. The molecule has 1 N–H and O–H groups in total. The lowest BCUT2D eigenvalue weighted by Gasteiger charge is -2.11. The van der Waals surface area contributed by atoms with E-state index < -0.39 is 16.1 Å². The van der Waals surface area contributed by atoms with Crippen molar-refractivity contribution in [3.05, 3.63) is 28.2 Å². The summed E-state index contributed by atoms with van der Waals surface area (Å²) in [6, 6.07) is 4.52. The maximum atomic E-state index is 11.9. The average molecular weight is 302 g/mol. The first-order chi connectivity index (χ1) is 7.38. The van der Waals surface area contributed by atoms with Crippen molar-refractivity contribution < 1.29 is 8.42 Å². The highest BCUT2D eigenvalue weighted by Crippen LogP contribution is 2.25. The monoisotopic (exact) mass is 301 g/mol. The van der Waals surface area contributed by atoms with Crippen LogP contribution in [-0.2, 0) is 10.0 Å². The van der Waals surface area contributed by atoms with E-state index in [0.717, 1.165) is 5.56 Å². The molecule has 0 aromatic heterocycles. The Balaban J connectivity index is 3.19. The van der Waals surface area contributed by atoms with E-state index in [-0.39, 0.29) is 4.90 Å². The van der Waals surface area contributed by atoms with Crippen LogP contribution in [0.25, 0.3) is 0 Å². The van der Waals surface area contributed by atoms with Gasteiger partial charge in [-0.2, -0.15) is 4.72 Å². The van der Waals surface area contributed by atoms with Crippen LogP contribution >= 0.6 is 15.9 Å². The quantitative estimate of drug-likeness (QED) is 0.869. The predicted molar refractivity (Wildman–Crippen MR) is 67.5 cm³/mol. The molecule has 0 fully saturated rings. The van der Waals surface area contributed by atoms with Crippen LogP contribution in [0.5, 0.6) is 0 Å². The van der Waals surface area contributed by atoms with Gasteiger partial charge in [0.25, 0.3) is 0 Å². The lowest BCUT2D eigenvalue weighted by molar-refractivity contribution is 0.577. The van der Waals surface area contributed by atoms with Gasteiger partial charge in [-0.15, -0.1) is 6.42 Å². The van der Waals surface area contributed by atoms with Gasteiger partial charge >= 0.3 is 0 Å². The fourth-order valence-corrected chi connectivity index (χ4v) is 3.38. The van der Waals surface area contributed by atoms with Gasteiger partial charge in [0.05, 0.1) is 10.9 Å². The van der Waals surface area contributed by atoms with Crippen molar-refractivity contribution in [3.8, 4) is 12.3 Å². The number of aryl methyl sites for hydroxylation is 1. The van der Waals surface area contributed by atoms with Crippen molar-refractivity contribution in [1.29, 1.82) is 0 Å². The van der Waals surface area contributed by atoms with E-state index in [1.54, 1.807) is 13.0 Å². The van der Waals surface area contributed by atoms with Crippen molar-refractivity contribution >= 4 is 26.0 Å². The van der Waals surface area contributed by atoms with Crippen LogP contribution in [0.3, 0.4) is 0 Å². The first kappa shape index (κ1) is 13.2. The Hall–Kier alpha value is -0.830. The van der Waals surface area contributed by atoms with Gasteiger partial charge in [-0.1, -0.05) is 18.1 Å². The molecule has 1 unspecified atom stereocenters. The van der Waals surface area contributed by atoms with E-state index in [1.807, 2.05) is 13.0 Å². The highest BCUT2D eigenvalue weighted by Gasteiger charge is 2.19. The standard InChI is InChI=1S/C11H12BrNO2S/c1-4-9(3)13-16(14,15)10-7-5-6-8(2)11(10)12/h1,5-7,9,13H,2-3H3. The minimum Gasteiger partial charge on any atom is -0.207 e. The summed E-state index contributed by atoms with van der Waals surface area (Å²) in [6.45, 7) is 3.44. The van der Waals surface area contributed by atoms with Gasteiger partial charge in [0, 0.05) is 4.47 Å². The van der Waals surface area contributed by atoms with E-state index in [2.05, 4.69) is 26.6 Å². The van der Waals surface area contributed by atoms with Gasteiger partial charge in [-0.25, -0.2) is 8.42 Å². The van der Waals surface area contributed by atoms with Crippen molar-refractivity contribution in [2.45, 2.75) is 24.8 Å². The molecule has 0 saturated heterocycles. The van der Waals surface area contributed by atoms with Gasteiger partial charge in [-0.3, -0.25) is 0 Å². The first-order valence-electron chi connectivity index (χ1n) is 4.62. The summed E-state index contributed by atoms with van der Waals surface area (Å²) in [5, 5.41) is 0. The molecule has 16 heavy (non-hydrogen) atoms. The lowest BCUT2D eigenvalue weighted by Crippen LogP contribution is -2.31. The zero-order valence-corrected chi connectivity index (χ0v) is 11.4. The van der Waals surface area contributed by atoms with Crippen molar-refractivity contribution in [2.75, 3.05) is 0 Å². The molecule has 0 bridgehead atoms. The van der Waals surface area contributed by atoms with Crippen LogP contribution in [-0.4, -0.2) is 14.5 Å². The maximum absolute atomic E-state index is 11.9. The fourth-order valence-electron chi connectivity index (χ4n) is 1.16. The molecule has 1 aromatic rings. The summed E-state index contributed by atoms with van der Waals surface area (Å²) in [7, 11) is -3.56. The molecular weight excluding hydrogens is 290 g/mol. The summed E-state index contributed by atoms with van der Waals surface area (Å²) in [4.78, 5) is 0.203. The van der Waals surface area contributed by atoms with Crippen LogP contribution in [0, 0.1) is 19.3 Å². The molecule has 0 saturated carbocycles. The van der Waals surface area contributed by atoms with E-state index in [1.165, 1.54) is 6.07 Å². The molecule has 86 valence electrons. The van der Waals surface area contributed by atoms with Gasteiger partial charge in [-0.05, 0) is 41.4 Å². The number of hydrogen-bond acceptors (Lipinski definition) is 2. The lowest BCUT2D eigenvalue weighted by atomic mass is 10.2. The Kier molecular flexibility index (Phi) is 4.14. The van der Waals surface area contributed by atoms with E-state index in [0.29, 0.717) is 4.47 Å². The molecule has 3 nitrogen and oxygen atoms in total. The largest absolute Gasteiger partial charge is 0.242 e. The van der Waals surface area contributed by atoms with E-state index in [4.69, 9.17) is 6.42 Å². The minimum absolute atomic E-state index is 0.203. The molecule has 0 radical (unpaired) electrons. The highest BCUT2D eigenvalue weighted by molar-refractivity contribution is 9.10. The number of benzene rings is 1. The molecule has 0 aliphatic carbocycles. The van der Waals surface area contributed by atoms with Gasteiger partial charge in [0.2, 0.25) is 10.0 Å². The fraction of sp³-hybridized carbons (Fsp3) is 0.273. The molecule has 5 heteroatoms. The molecular formula is C11H12BrNO2S. The van der Waals surface area contributed by atoms with Crippen LogP contribution in [0.4, 0.5) is 0 Å². The highest BCUT2D eigenvalue weighted by atomic mass is 79.9. The Morgan fingerprint density at radius 1 is 1.50 bits per heavy atom. The third-order valence-corrected chi connectivity index (χ3v) is 4.93. The summed E-state index contributed by atoms with van der Waals surface area (Å²) in [5.74, 6) is 2.32. The zero-order valence-electron chi connectivity index (χ0n) is 8.99. The Bertz CT molecular complexity index is 531. The third-order valence-electron chi connectivity index (χ3n) is 2.03. The Morgan fingerprint density at radius 2 is 2.12 bits per heavy atom. The number of rotatable bonds is 3. The van der Waals surface area contributed by atoms with E-state index >= 15 is 0 Å². The molecule has 1 atom stereocenters. The second-order valence-electron chi connectivity index (χ2n) is 3.40. The van der Waals surface area contributed by atoms with E-state index in [9.17, 15) is 8.42 Å². The SMILES string of the molecule is C#CC(C)NS(=O)(=O)c1cccc(C)c1Br. The van der Waals surface area contributed by atoms with Gasteiger partial charge in [0.15, 0.2) is 0 Å². The predicted octanol–water partition coefficient (Wildman–Crippen LogP) is 2.06. The molecule has 0 aliphatic heterocycles. The Morgan fingerprint density at radius 3 is 2.69 bits per heavy atom. The molecule has 1 aromatic carbocycles. The topological polar surface area (TPSA) is 46.2 Å². The maximum Gasteiger partial charge on any atom is 0.242 e. The van der Waals surface area contributed by atoms with Crippen molar-refractivity contribution in [1.82, 2.24) is 4.72 Å². The van der Waals surface area contributed by atoms with Crippen LogP contribution in [0.15, 0.2) is 27.6 Å². The molecule has 0 amide bonds. The third kappa shape index (κ3) is 2.85. The first-order valence-corrected chi connectivity index (χ1v) is 6.89. The average Bonchev–Trinajstić information content (AvgIpc) is 2.21. The van der Waals surface area contributed by atoms with Crippen LogP contribution in [0.2, 0.25) is 0 Å². The molecule has 1 rings (SSSR count). The summed E-state index contributed by atoms with van der Waals surface area (Å²) >= 11 is 3.26.